The van der Waals surface area contributed by atoms with Crippen LogP contribution in [0.25, 0.3) is 22.5 Å². The Hall–Kier alpha value is -3.28. The fourth-order valence-corrected chi connectivity index (χ4v) is 2.61. The summed E-state index contributed by atoms with van der Waals surface area (Å²) in [5.41, 5.74) is 2.31. The summed E-state index contributed by atoms with van der Waals surface area (Å²) in [4.78, 5) is 11.5. The Morgan fingerprint density at radius 2 is 1.92 bits per heavy atom. The van der Waals surface area contributed by atoms with Crippen molar-refractivity contribution in [2.45, 2.75) is 6.92 Å². The van der Waals surface area contributed by atoms with Gasteiger partial charge in [-0.15, -0.1) is 0 Å². The summed E-state index contributed by atoms with van der Waals surface area (Å²) in [6, 6.07) is 9.76. The molecule has 0 unspecified atom stereocenters. The lowest BCUT2D eigenvalue weighted by Crippen LogP contribution is -1.99. The first-order valence-corrected chi connectivity index (χ1v) is 7.18. The van der Waals surface area contributed by atoms with Gasteiger partial charge in [-0.3, -0.25) is 0 Å². The second kappa shape index (κ2) is 6.08. The van der Waals surface area contributed by atoms with E-state index in [4.69, 9.17) is 9.26 Å². The predicted molar refractivity (Wildman–Crippen MR) is 87.3 cm³/mol. The molecule has 1 heterocycles. The Morgan fingerprint density at radius 3 is 2.62 bits per heavy atom. The van der Waals surface area contributed by atoms with Crippen molar-refractivity contribution < 1.29 is 24.3 Å². The number of carboxylic acid groups (broad SMARTS) is 1. The topological polar surface area (TPSA) is 92.8 Å². The van der Waals surface area contributed by atoms with Gasteiger partial charge in [0.05, 0.1) is 30.0 Å². The number of methoxy groups -OCH3 is 1. The van der Waals surface area contributed by atoms with Gasteiger partial charge >= 0.3 is 5.97 Å². The Balaban J connectivity index is 2.20. The second-order valence-electron chi connectivity index (χ2n) is 5.26. The average Bonchev–Trinajstić information content (AvgIpc) is 3.05. The predicted octanol–water partition coefficient (Wildman–Crippen LogP) is 3.73. The molecule has 3 rings (SSSR count). The monoisotopic (exact) mass is 325 g/mol. The first-order valence-electron chi connectivity index (χ1n) is 7.18. The van der Waals surface area contributed by atoms with Gasteiger partial charge in [-0.05, 0) is 24.6 Å². The molecular weight excluding hydrogens is 310 g/mol. The lowest BCUT2D eigenvalue weighted by molar-refractivity contribution is 0.0697. The molecule has 0 spiro atoms. The van der Waals surface area contributed by atoms with E-state index >= 15 is 0 Å². The molecule has 3 aromatic rings. The Morgan fingerprint density at radius 1 is 1.17 bits per heavy atom. The fraction of sp³-hybridized carbons (Fsp3) is 0.111. The number of phenols is 1. The van der Waals surface area contributed by atoms with Gasteiger partial charge in [-0.2, -0.15) is 0 Å². The van der Waals surface area contributed by atoms with Crippen LogP contribution in [0.15, 0.2) is 47.1 Å². The van der Waals surface area contributed by atoms with E-state index in [-0.39, 0.29) is 11.3 Å². The third kappa shape index (κ3) is 2.58. The highest BCUT2D eigenvalue weighted by Gasteiger charge is 2.21. The molecule has 0 bridgehead atoms. The minimum absolute atomic E-state index is 0.0387. The highest BCUT2D eigenvalue weighted by molar-refractivity contribution is 5.98. The standard InChI is InChI=1S/C18H15NO5/c1-10-7-13(15(20)8-16(10)23-2)17-14(9-19-24-17)11-5-3-4-6-12(11)18(21)22/h3-9,20H,1-2H3,(H,21,22). The van der Waals surface area contributed by atoms with Crippen molar-refractivity contribution in [2.75, 3.05) is 7.11 Å². The number of aromatic carboxylic acids is 1. The van der Waals surface area contributed by atoms with E-state index in [0.717, 1.165) is 5.56 Å². The van der Waals surface area contributed by atoms with Gasteiger partial charge in [0.1, 0.15) is 11.5 Å². The third-order valence-corrected chi connectivity index (χ3v) is 3.78. The van der Waals surface area contributed by atoms with E-state index in [1.807, 2.05) is 6.92 Å². The number of carboxylic acids is 1. The Kier molecular flexibility index (Phi) is 3.95. The van der Waals surface area contributed by atoms with Crippen LogP contribution in [0.3, 0.4) is 0 Å². The summed E-state index contributed by atoms with van der Waals surface area (Å²) in [6.07, 6.45) is 1.44. The van der Waals surface area contributed by atoms with Crippen LogP contribution in [0.1, 0.15) is 15.9 Å². The molecule has 0 saturated carbocycles. The van der Waals surface area contributed by atoms with Crippen LogP contribution in [0.5, 0.6) is 11.5 Å². The molecule has 1 aromatic heterocycles. The Bertz CT molecular complexity index is 914. The molecule has 6 heteroatoms. The van der Waals surface area contributed by atoms with Crippen LogP contribution < -0.4 is 4.74 Å². The van der Waals surface area contributed by atoms with Gasteiger partial charge in [0, 0.05) is 11.6 Å². The van der Waals surface area contributed by atoms with Crippen LogP contribution in [-0.4, -0.2) is 28.4 Å². The number of phenolic OH excluding ortho intramolecular Hbond substituents is 1. The number of aromatic nitrogens is 1. The van der Waals surface area contributed by atoms with Crippen molar-refractivity contribution in [3.05, 3.63) is 53.7 Å². The SMILES string of the molecule is COc1cc(O)c(-c2oncc2-c2ccccc2C(=O)O)cc1C. The van der Waals surface area contributed by atoms with Crippen LogP contribution in [0.2, 0.25) is 0 Å². The van der Waals surface area contributed by atoms with E-state index in [1.54, 1.807) is 24.3 Å². The Labute approximate surface area is 137 Å². The number of carbonyl (C=O) groups is 1. The van der Waals surface area contributed by atoms with E-state index in [2.05, 4.69) is 5.16 Å². The third-order valence-electron chi connectivity index (χ3n) is 3.78. The second-order valence-corrected chi connectivity index (χ2v) is 5.26. The van der Waals surface area contributed by atoms with Crippen molar-refractivity contribution in [3.8, 4) is 33.9 Å². The van der Waals surface area contributed by atoms with Crippen LogP contribution >= 0.6 is 0 Å². The minimum Gasteiger partial charge on any atom is -0.507 e. The van der Waals surface area contributed by atoms with E-state index in [9.17, 15) is 15.0 Å². The zero-order valence-corrected chi connectivity index (χ0v) is 13.1. The molecule has 0 radical (unpaired) electrons. The van der Waals surface area contributed by atoms with E-state index in [0.29, 0.717) is 28.2 Å². The molecule has 0 aliphatic rings. The fourth-order valence-electron chi connectivity index (χ4n) is 2.61. The molecule has 0 atom stereocenters. The number of aromatic hydroxyl groups is 1. The largest absolute Gasteiger partial charge is 0.507 e. The summed E-state index contributed by atoms with van der Waals surface area (Å²) in [6.45, 7) is 1.84. The number of aryl methyl sites for hydroxylation is 1. The first-order chi connectivity index (χ1) is 11.5. The molecule has 0 aliphatic heterocycles. The molecule has 24 heavy (non-hydrogen) atoms. The maximum absolute atomic E-state index is 11.5. The first kappa shape index (κ1) is 15.6. The van der Waals surface area contributed by atoms with Crippen molar-refractivity contribution in [2.24, 2.45) is 0 Å². The number of hydrogen-bond acceptors (Lipinski definition) is 5. The van der Waals surface area contributed by atoms with Crippen molar-refractivity contribution in [3.63, 3.8) is 0 Å². The normalized spacial score (nSPS) is 10.6. The van der Waals surface area contributed by atoms with E-state index < -0.39 is 5.97 Å². The molecular formula is C18H15NO5. The number of benzene rings is 2. The highest BCUT2D eigenvalue weighted by atomic mass is 16.5. The molecule has 0 aliphatic carbocycles. The van der Waals surface area contributed by atoms with Gasteiger partial charge in [0.25, 0.3) is 0 Å². The lowest BCUT2D eigenvalue weighted by Gasteiger charge is -2.10. The van der Waals surface area contributed by atoms with E-state index in [1.165, 1.54) is 25.4 Å². The zero-order valence-electron chi connectivity index (χ0n) is 13.1. The van der Waals surface area contributed by atoms with Crippen molar-refractivity contribution >= 4 is 5.97 Å². The summed E-state index contributed by atoms with van der Waals surface area (Å²) < 4.78 is 10.5. The van der Waals surface area contributed by atoms with Gasteiger partial charge in [-0.1, -0.05) is 23.4 Å². The molecule has 2 aromatic carbocycles. The van der Waals surface area contributed by atoms with Gasteiger partial charge < -0.3 is 19.5 Å². The molecule has 0 fully saturated rings. The van der Waals surface area contributed by atoms with Crippen molar-refractivity contribution in [1.29, 1.82) is 0 Å². The minimum atomic E-state index is -1.05. The number of nitrogens with zero attached hydrogens (tertiary/aromatic N) is 1. The maximum atomic E-state index is 11.5. The van der Waals surface area contributed by atoms with Crippen LogP contribution in [0, 0.1) is 6.92 Å². The number of hydrogen-bond donors (Lipinski definition) is 2. The molecule has 122 valence electrons. The summed E-state index contributed by atoms with van der Waals surface area (Å²) in [7, 11) is 1.52. The van der Waals surface area contributed by atoms with Crippen molar-refractivity contribution in [1.82, 2.24) is 5.16 Å². The van der Waals surface area contributed by atoms with Gasteiger partial charge in [0.2, 0.25) is 0 Å². The smallest absolute Gasteiger partial charge is 0.336 e. The van der Waals surface area contributed by atoms with Crippen LogP contribution in [0.4, 0.5) is 0 Å². The molecule has 0 amide bonds. The van der Waals surface area contributed by atoms with Crippen LogP contribution in [-0.2, 0) is 0 Å². The van der Waals surface area contributed by atoms with Gasteiger partial charge in [0.15, 0.2) is 5.76 Å². The molecule has 2 N–H and O–H groups in total. The quantitative estimate of drug-likeness (QED) is 0.759. The lowest BCUT2D eigenvalue weighted by atomic mass is 9.96. The molecule has 6 nitrogen and oxygen atoms in total. The highest BCUT2D eigenvalue weighted by Crippen LogP contribution is 2.40. The summed E-state index contributed by atoms with van der Waals surface area (Å²) in [5.74, 6) is -0.244. The number of rotatable bonds is 4. The number of ether oxygens (including phenoxy) is 1. The average molecular weight is 325 g/mol. The zero-order chi connectivity index (χ0) is 17.3. The summed E-state index contributed by atoms with van der Waals surface area (Å²) >= 11 is 0. The van der Waals surface area contributed by atoms with Gasteiger partial charge in [-0.25, -0.2) is 4.79 Å². The maximum Gasteiger partial charge on any atom is 0.336 e. The summed E-state index contributed by atoms with van der Waals surface area (Å²) in [5, 5.41) is 23.4. The molecule has 0 saturated heterocycles.